The molecule has 0 atom stereocenters. The Morgan fingerprint density at radius 1 is 0.815 bits per heavy atom. The number of ether oxygens (including phenoxy) is 2. The summed E-state index contributed by atoms with van der Waals surface area (Å²) in [6.07, 6.45) is 2.31. The second-order valence-electron chi connectivity index (χ2n) is 6.92. The molecule has 0 saturated carbocycles. The minimum absolute atomic E-state index is 0.759. The quantitative estimate of drug-likeness (QED) is 0.576. The topological polar surface area (TPSA) is 24.9 Å². The average Bonchev–Trinajstić information content (AvgIpc) is 2.71. The summed E-state index contributed by atoms with van der Waals surface area (Å²) in [5.41, 5.74) is 3.86. The maximum Gasteiger partial charge on any atom is 0.162 e. The SMILES string of the molecule is CCCN(C)CCc1ccc(CN(CC)c2ccc(OC)c(OC)c2)cc1. The zero-order valence-electron chi connectivity index (χ0n) is 17.5. The van der Waals surface area contributed by atoms with Crippen molar-refractivity contribution in [3.8, 4) is 11.5 Å². The number of benzene rings is 2. The molecule has 0 aromatic heterocycles. The molecule has 27 heavy (non-hydrogen) atoms. The van der Waals surface area contributed by atoms with E-state index >= 15 is 0 Å². The van der Waals surface area contributed by atoms with Gasteiger partial charge in [0, 0.05) is 31.4 Å². The van der Waals surface area contributed by atoms with Gasteiger partial charge in [0.15, 0.2) is 11.5 Å². The number of anilines is 1. The zero-order valence-corrected chi connectivity index (χ0v) is 17.5. The Bertz CT molecular complexity index is 685. The van der Waals surface area contributed by atoms with E-state index in [0.717, 1.165) is 49.8 Å². The monoisotopic (exact) mass is 370 g/mol. The van der Waals surface area contributed by atoms with E-state index in [1.54, 1.807) is 14.2 Å². The van der Waals surface area contributed by atoms with E-state index in [4.69, 9.17) is 9.47 Å². The number of hydrogen-bond donors (Lipinski definition) is 0. The lowest BCUT2D eigenvalue weighted by Crippen LogP contribution is -2.22. The fraction of sp³-hybridized carbons (Fsp3) is 0.478. The second kappa shape index (κ2) is 10.8. The van der Waals surface area contributed by atoms with Crippen molar-refractivity contribution in [1.29, 1.82) is 0 Å². The molecule has 0 heterocycles. The minimum atomic E-state index is 0.759. The summed E-state index contributed by atoms with van der Waals surface area (Å²) in [5, 5.41) is 0. The van der Waals surface area contributed by atoms with E-state index < -0.39 is 0 Å². The summed E-state index contributed by atoms with van der Waals surface area (Å²) in [6.45, 7) is 8.48. The molecule has 2 aromatic carbocycles. The van der Waals surface area contributed by atoms with Gasteiger partial charge in [0.25, 0.3) is 0 Å². The smallest absolute Gasteiger partial charge is 0.162 e. The largest absolute Gasteiger partial charge is 0.493 e. The van der Waals surface area contributed by atoms with Gasteiger partial charge in [-0.2, -0.15) is 0 Å². The zero-order chi connectivity index (χ0) is 19.6. The molecule has 0 aliphatic carbocycles. The van der Waals surface area contributed by atoms with E-state index in [1.165, 1.54) is 17.5 Å². The average molecular weight is 371 g/mol. The van der Waals surface area contributed by atoms with Crippen LogP contribution in [0.4, 0.5) is 5.69 Å². The van der Waals surface area contributed by atoms with Crippen LogP contribution in [-0.2, 0) is 13.0 Å². The normalized spacial score (nSPS) is 10.9. The van der Waals surface area contributed by atoms with Gasteiger partial charge in [0.2, 0.25) is 0 Å². The maximum absolute atomic E-state index is 5.45. The molecule has 148 valence electrons. The van der Waals surface area contributed by atoms with Crippen LogP contribution in [0.2, 0.25) is 0 Å². The highest BCUT2D eigenvalue weighted by atomic mass is 16.5. The highest BCUT2D eigenvalue weighted by molar-refractivity contribution is 5.56. The first-order valence-electron chi connectivity index (χ1n) is 9.84. The lowest BCUT2D eigenvalue weighted by Gasteiger charge is -2.24. The first-order chi connectivity index (χ1) is 13.1. The molecule has 0 saturated heterocycles. The molecule has 2 rings (SSSR count). The summed E-state index contributed by atoms with van der Waals surface area (Å²) < 4.78 is 10.8. The number of methoxy groups -OCH3 is 2. The van der Waals surface area contributed by atoms with Crippen LogP contribution in [0.25, 0.3) is 0 Å². The van der Waals surface area contributed by atoms with Crippen LogP contribution >= 0.6 is 0 Å². The standard InChI is InChI=1S/C23H34N2O2/c1-6-15-24(3)16-14-19-8-10-20(11-9-19)18-25(7-2)21-12-13-22(26-4)23(17-21)27-5/h8-13,17H,6-7,14-16,18H2,1-5H3. The summed E-state index contributed by atoms with van der Waals surface area (Å²) in [5.74, 6) is 1.52. The van der Waals surface area contributed by atoms with Crippen LogP contribution in [0, 0.1) is 0 Å². The van der Waals surface area contributed by atoms with Crippen molar-refractivity contribution in [1.82, 2.24) is 4.90 Å². The highest BCUT2D eigenvalue weighted by Crippen LogP contribution is 2.32. The van der Waals surface area contributed by atoms with Gasteiger partial charge in [-0.3, -0.25) is 0 Å². The number of nitrogens with zero attached hydrogens (tertiary/aromatic N) is 2. The van der Waals surface area contributed by atoms with Gasteiger partial charge in [-0.15, -0.1) is 0 Å². The highest BCUT2D eigenvalue weighted by Gasteiger charge is 2.10. The first kappa shape index (κ1) is 21.1. The van der Waals surface area contributed by atoms with Crippen LogP contribution in [-0.4, -0.2) is 45.8 Å². The number of hydrogen-bond acceptors (Lipinski definition) is 4. The van der Waals surface area contributed by atoms with Gasteiger partial charge in [-0.1, -0.05) is 31.2 Å². The predicted molar refractivity (Wildman–Crippen MR) is 114 cm³/mol. The molecule has 0 radical (unpaired) electrons. The second-order valence-corrected chi connectivity index (χ2v) is 6.92. The van der Waals surface area contributed by atoms with Crippen LogP contribution in [0.15, 0.2) is 42.5 Å². The van der Waals surface area contributed by atoms with Gasteiger partial charge in [0.05, 0.1) is 14.2 Å². The van der Waals surface area contributed by atoms with Crippen molar-refractivity contribution < 1.29 is 9.47 Å². The fourth-order valence-corrected chi connectivity index (χ4v) is 3.25. The van der Waals surface area contributed by atoms with E-state index in [-0.39, 0.29) is 0 Å². The van der Waals surface area contributed by atoms with E-state index in [9.17, 15) is 0 Å². The fourth-order valence-electron chi connectivity index (χ4n) is 3.25. The molecule has 0 N–H and O–H groups in total. The molecule has 0 fully saturated rings. The Balaban J connectivity index is 2.02. The van der Waals surface area contributed by atoms with Gasteiger partial charge in [-0.25, -0.2) is 0 Å². The Morgan fingerprint density at radius 2 is 1.48 bits per heavy atom. The van der Waals surface area contributed by atoms with Crippen LogP contribution in [0.3, 0.4) is 0 Å². The Hall–Kier alpha value is -2.20. The van der Waals surface area contributed by atoms with Crippen molar-refractivity contribution in [3.05, 3.63) is 53.6 Å². The molecule has 0 aliphatic heterocycles. The molecule has 0 aliphatic rings. The Kier molecular flexibility index (Phi) is 8.46. The molecule has 0 amide bonds. The minimum Gasteiger partial charge on any atom is -0.493 e. The van der Waals surface area contributed by atoms with Gasteiger partial charge in [0.1, 0.15) is 0 Å². The van der Waals surface area contributed by atoms with Crippen molar-refractivity contribution in [2.75, 3.05) is 45.8 Å². The lowest BCUT2D eigenvalue weighted by molar-refractivity contribution is 0.339. The van der Waals surface area contributed by atoms with Crippen molar-refractivity contribution in [2.45, 2.75) is 33.2 Å². The summed E-state index contributed by atoms with van der Waals surface area (Å²) in [6, 6.07) is 15.1. The van der Waals surface area contributed by atoms with Crippen molar-refractivity contribution in [2.24, 2.45) is 0 Å². The van der Waals surface area contributed by atoms with Crippen LogP contribution < -0.4 is 14.4 Å². The molecule has 0 spiro atoms. The van der Waals surface area contributed by atoms with E-state index in [2.05, 4.69) is 61.0 Å². The molecular formula is C23H34N2O2. The Morgan fingerprint density at radius 3 is 2.07 bits per heavy atom. The third-order valence-electron chi connectivity index (χ3n) is 4.90. The summed E-state index contributed by atoms with van der Waals surface area (Å²) in [7, 11) is 5.53. The molecule has 4 heteroatoms. The van der Waals surface area contributed by atoms with Crippen molar-refractivity contribution in [3.63, 3.8) is 0 Å². The third kappa shape index (κ3) is 6.17. The lowest BCUT2D eigenvalue weighted by atomic mass is 10.1. The van der Waals surface area contributed by atoms with Crippen LogP contribution in [0.1, 0.15) is 31.4 Å². The molecular weight excluding hydrogens is 336 g/mol. The van der Waals surface area contributed by atoms with Gasteiger partial charge < -0.3 is 19.3 Å². The summed E-state index contributed by atoms with van der Waals surface area (Å²) >= 11 is 0. The third-order valence-corrected chi connectivity index (χ3v) is 4.90. The molecule has 4 nitrogen and oxygen atoms in total. The van der Waals surface area contributed by atoms with Crippen molar-refractivity contribution >= 4 is 5.69 Å². The van der Waals surface area contributed by atoms with E-state index in [0.29, 0.717) is 0 Å². The van der Waals surface area contributed by atoms with Crippen LogP contribution in [0.5, 0.6) is 11.5 Å². The molecule has 0 bridgehead atoms. The molecule has 0 unspecified atom stereocenters. The van der Waals surface area contributed by atoms with E-state index in [1.807, 2.05) is 12.1 Å². The summed E-state index contributed by atoms with van der Waals surface area (Å²) in [4.78, 5) is 4.73. The first-order valence-corrected chi connectivity index (χ1v) is 9.84. The number of likely N-dealkylation sites (N-methyl/N-ethyl adjacent to an activating group) is 1. The predicted octanol–water partition coefficient (Wildman–Crippen LogP) is 4.61. The van der Waals surface area contributed by atoms with Gasteiger partial charge >= 0.3 is 0 Å². The number of rotatable bonds is 11. The van der Waals surface area contributed by atoms with Gasteiger partial charge in [-0.05, 0) is 56.6 Å². The Labute approximate surface area is 164 Å². The molecule has 2 aromatic rings. The maximum atomic E-state index is 5.45.